The minimum Gasteiger partial charge on any atom is -0.496 e. The highest BCUT2D eigenvalue weighted by molar-refractivity contribution is 6.03. The van der Waals surface area contributed by atoms with Gasteiger partial charge in [-0.25, -0.2) is 0 Å². The van der Waals surface area contributed by atoms with Crippen LogP contribution in [0.15, 0.2) is 48.5 Å². The molecule has 2 saturated heterocycles. The molecule has 2 bridgehead atoms. The number of piperidine rings is 2. The van der Waals surface area contributed by atoms with Crippen LogP contribution in [0.5, 0.6) is 11.5 Å². The number of carbonyl (C=O) groups is 1. The van der Waals surface area contributed by atoms with Gasteiger partial charge in [0.25, 0.3) is 0 Å². The number of ketones is 1. The number of methoxy groups -OCH3 is 2. The third-order valence-electron chi connectivity index (χ3n) is 6.38. The van der Waals surface area contributed by atoms with Crippen LogP contribution in [0.4, 0.5) is 0 Å². The van der Waals surface area contributed by atoms with E-state index in [1.165, 1.54) is 24.8 Å². The summed E-state index contributed by atoms with van der Waals surface area (Å²) in [4.78, 5) is 16.1. The number of nitrogens with zero attached hydrogens (tertiary/aromatic N) is 1. The van der Waals surface area contributed by atoms with Crippen LogP contribution in [-0.2, 0) is 6.54 Å². The van der Waals surface area contributed by atoms with Crippen LogP contribution >= 0.6 is 0 Å². The van der Waals surface area contributed by atoms with Crippen LogP contribution in [0.1, 0.15) is 48.0 Å². The van der Waals surface area contributed by atoms with E-state index < -0.39 is 0 Å². The molecule has 2 atom stereocenters. The van der Waals surface area contributed by atoms with Gasteiger partial charge in [0.1, 0.15) is 17.1 Å². The summed E-state index contributed by atoms with van der Waals surface area (Å²) >= 11 is 0. The van der Waals surface area contributed by atoms with Crippen LogP contribution in [0, 0.1) is 5.92 Å². The first-order chi connectivity index (χ1) is 13.7. The average molecular weight is 380 g/mol. The second-order valence-corrected chi connectivity index (χ2v) is 7.97. The van der Waals surface area contributed by atoms with Crippen molar-refractivity contribution in [3.8, 4) is 11.5 Å². The maximum atomic E-state index is 13.5. The molecular formula is C24H29NO3. The minimum absolute atomic E-state index is 0.0347. The van der Waals surface area contributed by atoms with Gasteiger partial charge >= 0.3 is 0 Å². The summed E-state index contributed by atoms with van der Waals surface area (Å²) in [5.41, 5.74) is 1.96. The van der Waals surface area contributed by atoms with Crippen molar-refractivity contribution in [2.24, 2.45) is 5.92 Å². The monoisotopic (exact) mass is 379 g/mol. The van der Waals surface area contributed by atoms with Crippen LogP contribution in [0.3, 0.4) is 0 Å². The van der Waals surface area contributed by atoms with Crippen molar-refractivity contribution in [3.63, 3.8) is 0 Å². The van der Waals surface area contributed by atoms with Crippen molar-refractivity contribution in [2.45, 2.75) is 50.7 Å². The molecule has 28 heavy (non-hydrogen) atoms. The van der Waals surface area contributed by atoms with E-state index in [-0.39, 0.29) is 11.7 Å². The first-order valence-electron chi connectivity index (χ1n) is 10.3. The first-order valence-corrected chi connectivity index (χ1v) is 10.3. The fourth-order valence-electron chi connectivity index (χ4n) is 5.04. The number of Topliss-reactive ketones (excluding diaryl/α,β-unsaturated/α-hetero) is 1. The highest BCUT2D eigenvalue weighted by Crippen LogP contribution is 2.41. The minimum atomic E-state index is 0.0347. The Morgan fingerprint density at radius 3 is 2.11 bits per heavy atom. The van der Waals surface area contributed by atoms with Gasteiger partial charge in [0.05, 0.1) is 14.2 Å². The van der Waals surface area contributed by atoms with Gasteiger partial charge in [-0.3, -0.25) is 9.69 Å². The molecule has 2 heterocycles. The van der Waals surface area contributed by atoms with Gasteiger partial charge in [0.2, 0.25) is 0 Å². The number of fused-ring (bicyclic) bond motifs is 2. The SMILES string of the molecule is COc1cccc(OC)c1C(=O)C1CC2CCCC(C1)N2Cc1ccccc1. The Morgan fingerprint density at radius 2 is 1.54 bits per heavy atom. The first kappa shape index (κ1) is 19.0. The molecule has 0 spiro atoms. The van der Waals surface area contributed by atoms with Gasteiger partial charge in [-0.15, -0.1) is 0 Å². The third kappa shape index (κ3) is 3.66. The molecule has 2 aromatic carbocycles. The topological polar surface area (TPSA) is 38.8 Å². The van der Waals surface area contributed by atoms with E-state index in [4.69, 9.17) is 9.47 Å². The van der Waals surface area contributed by atoms with Crippen molar-refractivity contribution in [2.75, 3.05) is 14.2 Å². The Bertz CT molecular complexity index is 784. The van der Waals surface area contributed by atoms with Crippen molar-refractivity contribution >= 4 is 5.78 Å². The fraction of sp³-hybridized carbons (Fsp3) is 0.458. The number of ether oxygens (including phenoxy) is 2. The molecule has 4 heteroatoms. The lowest BCUT2D eigenvalue weighted by Crippen LogP contribution is -2.52. The number of rotatable bonds is 6. The summed E-state index contributed by atoms with van der Waals surface area (Å²) in [6.45, 7) is 0.981. The number of hydrogen-bond acceptors (Lipinski definition) is 4. The van der Waals surface area contributed by atoms with Gasteiger partial charge in [-0.05, 0) is 43.4 Å². The largest absolute Gasteiger partial charge is 0.496 e. The maximum absolute atomic E-state index is 13.5. The third-order valence-corrected chi connectivity index (χ3v) is 6.38. The highest BCUT2D eigenvalue weighted by atomic mass is 16.5. The molecule has 148 valence electrons. The Balaban J connectivity index is 1.55. The molecule has 4 nitrogen and oxygen atoms in total. The molecule has 4 rings (SSSR count). The second-order valence-electron chi connectivity index (χ2n) is 7.97. The highest BCUT2D eigenvalue weighted by Gasteiger charge is 2.41. The summed E-state index contributed by atoms with van der Waals surface area (Å²) in [6, 6.07) is 17.2. The number of benzene rings is 2. The van der Waals surface area contributed by atoms with Crippen LogP contribution < -0.4 is 9.47 Å². The summed E-state index contributed by atoms with van der Waals surface area (Å²) in [5, 5.41) is 0. The molecule has 0 radical (unpaired) electrons. The normalized spacial score (nSPS) is 24.6. The van der Waals surface area contributed by atoms with Gasteiger partial charge < -0.3 is 9.47 Å². The predicted octanol–water partition coefficient (Wildman–Crippen LogP) is 4.72. The molecule has 0 aromatic heterocycles. The molecule has 0 saturated carbocycles. The molecule has 2 aromatic rings. The molecule has 2 unspecified atom stereocenters. The zero-order valence-corrected chi connectivity index (χ0v) is 16.8. The maximum Gasteiger partial charge on any atom is 0.173 e. The van der Waals surface area contributed by atoms with E-state index in [2.05, 4.69) is 35.2 Å². The number of hydrogen-bond donors (Lipinski definition) is 0. The lowest BCUT2D eigenvalue weighted by Gasteiger charge is -2.48. The fourth-order valence-corrected chi connectivity index (χ4v) is 5.04. The van der Waals surface area contributed by atoms with E-state index in [0.29, 0.717) is 29.1 Å². The Kier molecular flexibility index (Phi) is 5.67. The standard InChI is InChI=1S/C24H29NO3/c1-27-21-12-7-13-22(28-2)23(21)24(26)18-14-19-10-6-11-20(15-18)25(19)16-17-8-4-3-5-9-17/h3-5,7-9,12-13,18-20H,6,10-11,14-16H2,1-2H3. The van der Waals surface area contributed by atoms with Gasteiger partial charge in [0.15, 0.2) is 5.78 Å². The van der Waals surface area contributed by atoms with Crippen molar-refractivity contribution in [1.29, 1.82) is 0 Å². The van der Waals surface area contributed by atoms with E-state index >= 15 is 0 Å². The smallest absolute Gasteiger partial charge is 0.173 e. The van der Waals surface area contributed by atoms with E-state index in [1.807, 2.05) is 18.2 Å². The van der Waals surface area contributed by atoms with Crippen molar-refractivity contribution < 1.29 is 14.3 Å². The number of carbonyl (C=O) groups excluding carboxylic acids is 1. The average Bonchev–Trinajstić information content (AvgIpc) is 2.73. The van der Waals surface area contributed by atoms with Crippen LogP contribution in [0.2, 0.25) is 0 Å². The van der Waals surface area contributed by atoms with Crippen LogP contribution in [0.25, 0.3) is 0 Å². The van der Waals surface area contributed by atoms with E-state index in [0.717, 1.165) is 19.4 Å². The molecule has 0 aliphatic carbocycles. The summed E-state index contributed by atoms with van der Waals surface area (Å²) < 4.78 is 11.0. The second kappa shape index (κ2) is 8.36. The van der Waals surface area contributed by atoms with E-state index in [1.54, 1.807) is 14.2 Å². The molecule has 0 amide bonds. The Labute approximate surface area is 167 Å². The van der Waals surface area contributed by atoms with Crippen LogP contribution in [-0.4, -0.2) is 37.0 Å². The van der Waals surface area contributed by atoms with Crippen molar-refractivity contribution in [1.82, 2.24) is 4.90 Å². The molecule has 2 aliphatic heterocycles. The predicted molar refractivity (Wildman–Crippen MR) is 110 cm³/mol. The molecule has 0 N–H and O–H groups in total. The van der Waals surface area contributed by atoms with Gasteiger partial charge in [-0.1, -0.05) is 42.8 Å². The zero-order chi connectivity index (χ0) is 19.5. The van der Waals surface area contributed by atoms with Gasteiger partial charge in [-0.2, -0.15) is 0 Å². The lowest BCUT2D eigenvalue weighted by molar-refractivity contribution is 0.00891. The lowest BCUT2D eigenvalue weighted by atomic mass is 9.75. The Morgan fingerprint density at radius 1 is 0.929 bits per heavy atom. The Hall–Kier alpha value is -2.33. The summed E-state index contributed by atoms with van der Waals surface area (Å²) in [6.07, 6.45) is 5.46. The zero-order valence-electron chi connectivity index (χ0n) is 16.8. The summed E-state index contributed by atoms with van der Waals surface area (Å²) in [7, 11) is 3.23. The molecule has 2 aliphatic rings. The van der Waals surface area contributed by atoms with Gasteiger partial charge in [0, 0.05) is 24.5 Å². The van der Waals surface area contributed by atoms with E-state index in [9.17, 15) is 4.79 Å². The quantitative estimate of drug-likeness (QED) is 0.681. The van der Waals surface area contributed by atoms with Crippen molar-refractivity contribution in [3.05, 3.63) is 59.7 Å². The summed E-state index contributed by atoms with van der Waals surface area (Å²) in [5.74, 6) is 1.43. The molecule has 2 fully saturated rings. The molecular weight excluding hydrogens is 350 g/mol.